The molecule has 0 radical (unpaired) electrons. The Morgan fingerprint density at radius 3 is 2.23 bits per heavy atom. The first-order chi connectivity index (χ1) is 10.0. The third-order valence-corrected chi connectivity index (χ3v) is 2.60. The van der Waals surface area contributed by atoms with Crippen molar-refractivity contribution in [2.45, 2.75) is 38.6 Å². The minimum Gasteiger partial charge on any atom is -0.503 e. The van der Waals surface area contributed by atoms with E-state index in [1.807, 2.05) is 0 Å². The molecule has 0 spiro atoms. The molecule has 1 amide bonds. The number of halogens is 2. The number of alkyl carbamates (subject to hydrolysis) is 1. The Labute approximate surface area is 126 Å². The fraction of sp³-hybridized carbons (Fsp3) is 0.500. The monoisotopic (exact) mass is 319 g/mol. The van der Waals surface area contributed by atoms with E-state index in [4.69, 9.17) is 9.84 Å². The summed E-state index contributed by atoms with van der Waals surface area (Å²) in [4.78, 5) is 11.4. The fourth-order valence-electron chi connectivity index (χ4n) is 1.59. The number of aliphatic hydroxyl groups is 2. The van der Waals surface area contributed by atoms with E-state index in [2.05, 4.69) is 5.32 Å². The lowest BCUT2D eigenvalue weighted by Gasteiger charge is -2.22. The molecule has 2 unspecified atom stereocenters. The smallest absolute Gasteiger partial charge is 0.407 e. The second-order valence-electron chi connectivity index (χ2n) is 5.73. The number of phenolic OH excluding ortho intramolecular Hbond substituents is 1. The van der Waals surface area contributed by atoms with E-state index in [1.54, 1.807) is 20.8 Å². The van der Waals surface area contributed by atoms with Crippen molar-refractivity contribution in [1.29, 1.82) is 0 Å². The molecule has 0 fully saturated rings. The Morgan fingerprint density at radius 2 is 1.77 bits per heavy atom. The van der Waals surface area contributed by atoms with Crippen LogP contribution in [0.15, 0.2) is 12.1 Å². The molecule has 0 aliphatic carbocycles. The topological polar surface area (TPSA) is 99.0 Å². The van der Waals surface area contributed by atoms with Crippen LogP contribution in [0.25, 0.3) is 0 Å². The summed E-state index contributed by atoms with van der Waals surface area (Å²) in [6.45, 7) is 4.57. The van der Waals surface area contributed by atoms with Crippen LogP contribution in [0.2, 0.25) is 0 Å². The highest BCUT2D eigenvalue weighted by atomic mass is 19.1. The lowest BCUT2D eigenvalue weighted by Crippen LogP contribution is -2.38. The SMILES string of the molecule is CC(C)(C)OC(=O)NCC(O)C(O)c1cc(F)c(O)c(F)c1. The summed E-state index contributed by atoms with van der Waals surface area (Å²) in [6.07, 6.45) is -3.97. The summed E-state index contributed by atoms with van der Waals surface area (Å²) in [5, 5.41) is 30.7. The third-order valence-electron chi connectivity index (χ3n) is 2.60. The molecule has 0 heterocycles. The lowest BCUT2D eigenvalue weighted by molar-refractivity contribution is 0.0126. The first kappa shape index (κ1) is 18.1. The molecule has 124 valence electrons. The number of aromatic hydroxyl groups is 1. The molecular weight excluding hydrogens is 300 g/mol. The molecule has 1 aromatic rings. The number of carbonyl (C=O) groups excluding carboxylic acids is 1. The third kappa shape index (κ3) is 5.12. The van der Waals surface area contributed by atoms with Gasteiger partial charge in [-0.15, -0.1) is 0 Å². The van der Waals surface area contributed by atoms with Gasteiger partial charge in [0.2, 0.25) is 0 Å². The zero-order chi connectivity index (χ0) is 17.1. The van der Waals surface area contributed by atoms with E-state index in [9.17, 15) is 23.8 Å². The highest BCUT2D eigenvalue weighted by Gasteiger charge is 2.23. The Bertz CT molecular complexity index is 522. The van der Waals surface area contributed by atoms with Crippen molar-refractivity contribution in [3.05, 3.63) is 29.3 Å². The molecule has 22 heavy (non-hydrogen) atoms. The summed E-state index contributed by atoms with van der Waals surface area (Å²) in [6, 6.07) is 1.39. The van der Waals surface area contributed by atoms with Gasteiger partial charge >= 0.3 is 6.09 Å². The maximum Gasteiger partial charge on any atom is 0.407 e. The summed E-state index contributed by atoms with van der Waals surface area (Å²) in [5.41, 5.74) is -0.997. The number of hydrogen-bond acceptors (Lipinski definition) is 5. The lowest BCUT2D eigenvalue weighted by atomic mass is 10.0. The first-order valence-electron chi connectivity index (χ1n) is 6.52. The second-order valence-corrected chi connectivity index (χ2v) is 5.73. The quantitative estimate of drug-likeness (QED) is 0.675. The van der Waals surface area contributed by atoms with Crippen LogP contribution in [0.5, 0.6) is 5.75 Å². The molecule has 4 N–H and O–H groups in total. The van der Waals surface area contributed by atoms with E-state index in [0.717, 1.165) is 0 Å². The van der Waals surface area contributed by atoms with E-state index >= 15 is 0 Å². The van der Waals surface area contributed by atoms with Gasteiger partial charge in [-0.05, 0) is 38.5 Å². The molecule has 0 aliphatic rings. The van der Waals surface area contributed by atoms with Crippen molar-refractivity contribution < 1.29 is 33.6 Å². The first-order valence-corrected chi connectivity index (χ1v) is 6.52. The number of ether oxygens (including phenoxy) is 1. The molecule has 2 atom stereocenters. The van der Waals surface area contributed by atoms with Crippen molar-refractivity contribution in [1.82, 2.24) is 5.32 Å². The molecule has 0 aliphatic heterocycles. The van der Waals surface area contributed by atoms with Crippen molar-refractivity contribution in [2.24, 2.45) is 0 Å². The summed E-state index contributed by atoms with van der Waals surface area (Å²) < 4.78 is 31.3. The minimum absolute atomic E-state index is 0.272. The van der Waals surface area contributed by atoms with Crippen LogP contribution in [0.1, 0.15) is 32.4 Å². The molecule has 0 saturated heterocycles. The largest absolute Gasteiger partial charge is 0.503 e. The van der Waals surface area contributed by atoms with Crippen LogP contribution in [0, 0.1) is 11.6 Å². The van der Waals surface area contributed by atoms with Crippen molar-refractivity contribution in [3.8, 4) is 5.75 Å². The van der Waals surface area contributed by atoms with E-state index in [-0.39, 0.29) is 12.1 Å². The zero-order valence-corrected chi connectivity index (χ0v) is 12.4. The average molecular weight is 319 g/mol. The number of aliphatic hydroxyl groups excluding tert-OH is 2. The maximum atomic E-state index is 13.2. The molecule has 0 bridgehead atoms. The van der Waals surface area contributed by atoms with E-state index in [0.29, 0.717) is 12.1 Å². The van der Waals surface area contributed by atoms with Crippen LogP contribution in [0.4, 0.5) is 13.6 Å². The maximum absolute atomic E-state index is 13.2. The Hall–Kier alpha value is -1.93. The van der Waals surface area contributed by atoms with Crippen LogP contribution in [-0.2, 0) is 4.74 Å². The van der Waals surface area contributed by atoms with Gasteiger partial charge in [-0.1, -0.05) is 0 Å². The zero-order valence-electron chi connectivity index (χ0n) is 12.4. The fourth-order valence-corrected chi connectivity index (χ4v) is 1.59. The minimum atomic E-state index is -1.65. The summed E-state index contributed by atoms with van der Waals surface area (Å²) in [5.74, 6) is -3.69. The van der Waals surface area contributed by atoms with Crippen LogP contribution in [0.3, 0.4) is 0 Å². The number of phenols is 1. The van der Waals surface area contributed by atoms with Gasteiger partial charge < -0.3 is 25.4 Å². The number of benzene rings is 1. The van der Waals surface area contributed by atoms with Crippen LogP contribution < -0.4 is 5.32 Å². The molecule has 6 nitrogen and oxygen atoms in total. The Kier molecular flexibility index (Phi) is 5.67. The van der Waals surface area contributed by atoms with E-state index < -0.39 is 41.3 Å². The number of amides is 1. The van der Waals surface area contributed by atoms with Gasteiger partial charge in [-0.25, -0.2) is 13.6 Å². The molecule has 0 saturated carbocycles. The molecule has 0 aromatic heterocycles. The van der Waals surface area contributed by atoms with Gasteiger partial charge in [0, 0.05) is 6.54 Å². The number of carbonyl (C=O) groups is 1. The van der Waals surface area contributed by atoms with Crippen LogP contribution in [-0.4, -0.2) is 39.7 Å². The predicted molar refractivity (Wildman–Crippen MR) is 73.2 cm³/mol. The standard InChI is InChI=1S/C14H19F2NO5/c1-14(2,3)22-13(21)17-6-10(18)11(19)7-4-8(15)12(20)9(16)5-7/h4-5,10-11,18-20H,6H2,1-3H3,(H,17,21). The highest BCUT2D eigenvalue weighted by Crippen LogP contribution is 2.26. The van der Waals surface area contributed by atoms with Gasteiger partial charge in [-0.2, -0.15) is 0 Å². The van der Waals surface area contributed by atoms with Crippen molar-refractivity contribution >= 4 is 6.09 Å². The normalized spacial score (nSPS) is 14.3. The van der Waals surface area contributed by atoms with E-state index in [1.165, 1.54) is 0 Å². The molecule has 1 aromatic carbocycles. The van der Waals surface area contributed by atoms with Gasteiger partial charge in [0.1, 0.15) is 17.8 Å². The second kappa shape index (κ2) is 6.89. The van der Waals surface area contributed by atoms with Gasteiger partial charge in [0.15, 0.2) is 17.4 Å². The van der Waals surface area contributed by atoms with Crippen LogP contribution >= 0.6 is 0 Å². The summed E-state index contributed by atoms with van der Waals surface area (Å²) >= 11 is 0. The summed E-state index contributed by atoms with van der Waals surface area (Å²) in [7, 11) is 0. The van der Waals surface area contributed by atoms with Crippen molar-refractivity contribution in [3.63, 3.8) is 0 Å². The van der Waals surface area contributed by atoms with Gasteiger partial charge in [0.05, 0.1) is 0 Å². The number of rotatable bonds is 4. The number of hydrogen-bond donors (Lipinski definition) is 4. The average Bonchev–Trinajstić information content (AvgIpc) is 2.38. The molecule has 1 rings (SSSR count). The molecular formula is C14H19F2NO5. The molecule has 8 heteroatoms. The van der Waals surface area contributed by atoms with Gasteiger partial charge in [0.25, 0.3) is 0 Å². The Balaban J connectivity index is 2.66. The predicted octanol–water partition coefficient (Wildman–Crippen LogP) is 1.59. The van der Waals surface area contributed by atoms with Gasteiger partial charge in [-0.3, -0.25) is 0 Å². The van der Waals surface area contributed by atoms with Crippen molar-refractivity contribution in [2.75, 3.05) is 6.54 Å². The Morgan fingerprint density at radius 1 is 1.27 bits per heavy atom. The highest BCUT2D eigenvalue weighted by molar-refractivity contribution is 5.67. The number of nitrogens with one attached hydrogen (secondary N) is 1.